The van der Waals surface area contributed by atoms with Gasteiger partial charge in [-0.3, -0.25) is 4.79 Å². The monoisotopic (exact) mass is 172 g/mol. The van der Waals surface area contributed by atoms with Crippen LogP contribution in [-0.2, 0) is 14.4 Å². The molecular formula is C7H12N2O3. The number of nitrogens with two attached hydrogens (primary N) is 1. The Labute approximate surface area is 70.3 Å². The van der Waals surface area contributed by atoms with Crippen molar-refractivity contribution in [1.82, 2.24) is 5.32 Å². The Kier molecular flexibility index (Phi) is 5.81. The summed E-state index contributed by atoms with van der Waals surface area (Å²) in [6.07, 6.45) is 1.85. The molecule has 0 aliphatic heterocycles. The minimum atomic E-state index is -0.699. The highest BCUT2D eigenvalue weighted by Gasteiger charge is 2.11. The largest absolute Gasteiger partial charge is 0.348 e. The number of aldehydes is 2. The Balaban J connectivity index is 3.60. The second-order valence-corrected chi connectivity index (χ2v) is 2.26. The van der Waals surface area contributed by atoms with Crippen molar-refractivity contribution in [1.29, 1.82) is 0 Å². The molecule has 0 aromatic carbocycles. The third kappa shape index (κ3) is 4.56. The van der Waals surface area contributed by atoms with Gasteiger partial charge in [0.05, 0.1) is 12.6 Å². The first-order chi connectivity index (χ1) is 5.72. The van der Waals surface area contributed by atoms with Gasteiger partial charge in [0, 0.05) is 6.42 Å². The zero-order valence-electron chi connectivity index (χ0n) is 6.66. The fourth-order valence-electron chi connectivity index (χ4n) is 0.652. The van der Waals surface area contributed by atoms with E-state index in [0.29, 0.717) is 19.0 Å². The molecule has 3 N–H and O–H groups in total. The van der Waals surface area contributed by atoms with Crippen molar-refractivity contribution in [3.8, 4) is 0 Å². The van der Waals surface area contributed by atoms with E-state index in [0.717, 1.165) is 0 Å². The van der Waals surface area contributed by atoms with E-state index in [1.165, 1.54) is 0 Å². The number of carbonyl (C=O) groups excluding carboxylic acids is 3. The lowest BCUT2D eigenvalue weighted by Gasteiger charge is -2.07. The van der Waals surface area contributed by atoms with Crippen LogP contribution >= 0.6 is 0 Å². The van der Waals surface area contributed by atoms with Gasteiger partial charge in [0.25, 0.3) is 0 Å². The Morgan fingerprint density at radius 2 is 2.08 bits per heavy atom. The predicted octanol–water partition coefficient (Wildman–Crippen LogP) is -1.39. The van der Waals surface area contributed by atoms with E-state index in [-0.39, 0.29) is 13.0 Å². The molecule has 5 heteroatoms. The standard InChI is InChI=1S/C7H12N2O3/c8-6(2-1-4-10)7(12)9-3-5-11/h4-6H,1-3,8H2,(H,9,12). The first kappa shape index (κ1) is 10.8. The van der Waals surface area contributed by atoms with E-state index in [2.05, 4.69) is 5.32 Å². The minimum Gasteiger partial charge on any atom is -0.348 e. The first-order valence-electron chi connectivity index (χ1n) is 3.63. The van der Waals surface area contributed by atoms with Gasteiger partial charge < -0.3 is 20.6 Å². The van der Waals surface area contributed by atoms with Crippen molar-refractivity contribution in [2.45, 2.75) is 18.9 Å². The van der Waals surface area contributed by atoms with E-state index in [1.54, 1.807) is 0 Å². The zero-order valence-corrected chi connectivity index (χ0v) is 6.66. The second kappa shape index (κ2) is 6.48. The summed E-state index contributed by atoms with van der Waals surface area (Å²) >= 11 is 0. The highest BCUT2D eigenvalue weighted by atomic mass is 16.2. The fraction of sp³-hybridized carbons (Fsp3) is 0.571. The molecule has 0 bridgehead atoms. The van der Waals surface area contributed by atoms with Crippen molar-refractivity contribution in [2.75, 3.05) is 6.54 Å². The molecular weight excluding hydrogens is 160 g/mol. The van der Waals surface area contributed by atoms with Gasteiger partial charge in [-0.2, -0.15) is 0 Å². The van der Waals surface area contributed by atoms with Crippen molar-refractivity contribution in [3.05, 3.63) is 0 Å². The molecule has 1 unspecified atom stereocenters. The number of amides is 1. The van der Waals surface area contributed by atoms with Gasteiger partial charge in [0.2, 0.25) is 5.91 Å². The summed E-state index contributed by atoms with van der Waals surface area (Å²) in [6.45, 7) is -0.0341. The summed E-state index contributed by atoms with van der Waals surface area (Å²) in [6, 6.07) is -0.699. The van der Waals surface area contributed by atoms with Crippen LogP contribution in [0.1, 0.15) is 12.8 Å². The quantitative estimate of drug-likeness (QED) is 0.482. The van der Waals surface area contributed by atoms with Gasteiger partial charge in [-0.25, -0.2) is 0 Å². The number of hydrogen-bond donors (Lipinski definition) is 2. The number of carbonyl (C=O) groups is 3. The van der Waals surface area contributed by atoms with Crippen molar-refractivity contribution in [3.63, 3.8) is 0 Å². The molecule has 1 amide bonds. The first-order valence-corrected chi connectivity index (χ1v) is 3.63. The van der Waals surface area contributed by atoms with Gasteiger partial charge in [-0.1, -0.05) is 0 Å². The highest BCUT2D eigenvalue weighted by Crippen LogP contribution is 1.90. The van der Waals surface area contributed by atoms with E-state index >= 15 is 0 Å². The average Bonchev–Trinajstić information content (AvgIpc) is 2.10. The second-order valence-electron chi connectivity index (χ2n) is 2.26. The van der Waals surface area contributed by atoms with Crippen LogP contribution < -0.4 is 11.1 Å². The molecule has 5 nitrogen and oxygen atoms in total. The van der Waals surface area contributed by atoms with Crippen molar-refractivity contribution in [2.24, 2.45) is 5.73 Å². The van der Waals surface area contributed by atoms with Crippen LogP contribution in [0.15, 0.2) is 0 Å². The minimum absolute atomic E-state index is 0.0341. The Morgan fingerprint density at radius 3 is 2.58 bits per heavy atom. The predicted molar refractivity (Wildman–Crippen MR) is 42.3 cm³/mol. The van der Waals surface area contributed by atoms with Gasteiger partial charge in [-0.15, -0.1) is 0 Å². The molecule has 0 spiro atoms. The number of hydrogen-bond acceptors (Lipinski definition) is 4. The Bertz CT molecular complexity index is 170. The Morgan fingerprint density at radius 1 is 1.42 bits per heavy atom. The molecule has 0 saturated heterocycles. The third-order valence-corrected chi connectivity index (χ3v) is 1.29. The molecule has 0 aromatic rings. The van der Waals surface area contributed by atoms with Crippen molar-refractivity contribution < 1.29 is 14.4 Å². The molecule has 0 saturated carbocycles. The van der Waals surface area contributed by atoms with Crippen LogP contribution in [0.3, 0.4) is 0 Å². The SMILES string of the molecule is NC(CCC=O)C(=O)NCC=O. The molecule has 1 atom stereocenters. The molecule has 0 aliphatic carbocycles. The average molecular weight is 172 g/mol. The van der Waals surface area contributed by atoms with Crippen LogP contribution in [0, 0.1) is 0 Å². The van der Waals surface area contributed by atoms with Crippen LogP contribution in [-0.4, -0.2) is 31.1 Å². The summed E-state index contributed by atoms with van der Waals surface area (Å²) < 4.78 is 0. The van der Waals surface area contributed by atoms with E-state index < -0.39 is 11.9 Å². The number of rotatable bonds is 6. The van der Waals surface area contributed by atoms with E-state index in [4.69, 9.17) is 5.73 Å². The van der Waals surface area contributed by atoms with Crippen molar-refractivity contribution >= 4 is 18.5 Å². The van der Waals surface area contributed by atoms with E-state index in [9.17, 15) is 14.4 Å². The lowest BCUT2D eigenvalue weighted by atomic mass is 10.1. The molecule has 0 heterocycles. The summed E-state index contributed by atoms with van der Waals surface area (Å²) in [7, 11) is 0. The Hall–Kier alpha value is -1.23. The summed E-state index contributed by atoms with van der Waals surface area (Å²) in [5.41, 5.74) is 5.36. The smallest absolute Gasteiger partial charge is 0.237 e. The molecule has 0 radical (unpaired) electrons. The third-order valence-electron chi connectivity index (χ3n) is 1.29. The molecule has 0 aliphatic rings. The lowest BCUT2D eigenvalue weighted by molar-refractivity contribution is -0.123. The van der Waals surface area contributed by atoms with E-state index in [1.807, 2.05) is 0 Å². The summed E-state index contributed by atoms with van der Waals surface area (Å²) in [5, 5.41) is 2.29. The molecule has 0 fully saturated rings. The van der Waals surface area contributed by atoms with Crippen LogP contribution in [0.25, 0.3) is 0 Å². The summed E-state index contributed by atoms with van der Waals surface area (Å²) in [5.74, 6) is -0.399. The van der Waals surface area contributed by atoms with Gasteiger partial charge >= 0.3 is 0 Å². The molecule has 0 rings (SSSR count). The lowest BCUT2D eigenvalue weighted by Crippen LogP contribution is -2.41. The van der Waals surface area contributed by atoms with Gasteiger partial charge in [-0.05, 0) is 6.42 Å². The maximum atomic E-state index is 10.9. The topological polar surface area (TPSA) is 89.3 Å². The maximum Gasteiger partial charge on any atom is 0.237 e. The molecule has 68 valence electrons. The van der Waals surface area contributed by atoms with Crippen LogP contribution in [0.4, 0.5) is 0 Å². The van der Waals surface area contributed by atoms with Crippen LogP contribution in [0.2, 0.25) is 0 Å². The molecule has 12 heavy (non-hydrogen) atoms. The highest BCUT2D eigenvalue weighted by molar-refractivity contribution is 5.83. The van der Waals surface area contributed by atoms with Gasteiger partial charge in [0.15, 0.2) is 0 Å². The number of nitrogens with one attached hydrogen (secondary N) is 1. The maximum absolute atomic E-state index is 10.9. The zero-order chi connectivity index (χ0) is 9.40. The van der Waals surface area contributed by atoms with Gasteiger partial charge in [0.1, 0.15) is 12.6 Å². The summed E-state index contributed by atoms with van der Waals surface area (Å²) in [4.78, 5) is 30.6. The van der Waals surface area contributed by atoms with Crippen LogP contribution in [0.5, 0.6) is 0 Å². The fourth-order valence-corrected chi connectivity index (χ4v) is 0.652. The molecule has 0 aromatic heterocycles. The normalized spacial score (nSPS) is 11.8.